The molecule has 5 nitrogen and oxygen atoms in total. The van der Waals surface area contributed by atoms with Gasteiger partial charge in [-0.15, -0.1) is 0 Å². The maximum atomic E-state index is 11.7. The Bertz CT molecular complexity index is 617. The van der Waals surface area contributed by atoms with Gasteiger partial charge in [0.2, 0.25) is 0 Å². The van der Waals surface area contributed by atoms with Gasteiger partial charge in [-0.2, -0.15) is 0 Å². The number of nitrogens with zero attached hydrogens (tertiary/aromatic N) is 2. The van der Waals surface area contributed by atoms with Crippen molar-refractivity contribution >= 4 is 17.7 Å². The lowest BCUT2D eigenvalue weighted by atomic mass is 9.83. The third-order valence-corrected chi connectivity index (χ3v) is 5.05. The molecule has 3 aliphatic heterocycles. The molecule has 3 fully saturated rings. The second kappa shape index (κ2) is 4.84. The summed E-state index contributed by atoms with van der Waals surface area (Å²) in [5.74, 6) is 0.291. The van der Waals surface area contributed by atoms with Gasteiger partial charge >= 0.3 is 0 Å². The number of nitrogens with one attached hydrogen (secondary N) is 1. The molecule has 4 heterocycles. The van der Waals surface area contributed by atoms with E-state index < -0.39 is 5.91 Å². The predicted molar refractivity (Wildman–Crippen MR) is 82.1 cm³/mol. The van der Waals surface area contributed by atoms with E-state index in [1.54, 1.807) is 6.20 Å². The Hall–Kier alpha value is -1.88. The molecular formula is C16H20N4O. The van der Waals surface area contributed by atoms with Crippen LogP contribution in [0.25, 0.3) is 6.08 Å². The second-order valence-corrected chi connectivity index (χ2v) is 6.27. The zero-order valence-corrected chi connectivity index (χ0v) is 12.0. The van der Waals surface area contributed by atoms with Gasteiger partial charge < -0.3 is 16.0 Å². The summed E-state index contributed by atoms with van der Waals surface area (Å²) in [5, 5.41) is 3.63. The van der Waals surface area contributed by atoms with Crippen LogP contribution in [0.1, 0.15) is 34.5 Å². The van der Waals surface area contributed by atoms with Crippen LogP contribution in [-0.2, 0) is 6.42 Å². The number of rotatable bonds is 3. The number of carbonyl (C=O) groups is 1. The van der Waals surface area contributed by atoms with E-state index in [0.717, 1.165) is 29.9 Å². The van der Waals surface area contributed by atoms with E-state index in [2.05, 4.69) is 27.4 Å². The first-order valence-electron chi connectivity index (χ1n) is 7.69. The van der Waals surface area contributed by atoms with E-state index in [0.29, 0.717) is 17.5 Å². The van der Waals surface area contributed by atoms with Gasteiger partial charge in [0, 0.05) is 30.8 Å². The summed E-state index contributed by atoms with van der Waals surface area (Å²) in [6.07, 6.45) is 9.09. The van der Waals surface area contributed by atoms with Crippen molar-refractivity contribution in [3.8, 4) is 0 Å². The number of allylic oxidation sites excluding steroid dienone is 1. The molecule has 1 aromatic rings. The number of aromatic nitrogens is 1. The van der Waals surface area contributed by atoms with Crippen molar-refractivity contribution < 1.29 is 4.79 Å². The molecule has 1 aromatic heterocycles. The Morgan fingerprint density at radius 2 is 2.19 bits per heavy atom. The first kappa shape index (κ1) is 12.8. The van der Waals surface area contributed by atoms with Gasteiger partial charge in [0.1, 0.15) is 0 Å². The van der Waals surface area contributed by atoms with Gasteiger partial charge in [-0.05, 0) is 31.8 Å². The van der Waals surface area contributed by atoms with Gasteiger partial charge in [-0.1, -0.05) is 12.2 Å². The number of nitrogens with two attached hydrogens (primary N) is 1. The molecule has 4 aliphatic rings. The van der Waals surface area contributed by atoms with Crippen LogP contribution in [0.2, 0.25) is 0 Å². The lowest BCUT2D eigenvalue weighted by molar-refractivity contribution is 0.0968. The van der Waals surface area contributed by atoms with Crippen LogP contribution < -0.4 is 11.1 Å². The minimum absolute atomic E-state index is 0.408. The molecule has 1 aliphatic carbocycles. The van der Waals surface area contributed by atoms with Crippen molar-refractivity contribution in [2.45, 2.75) is 25.3 Å². The summed E-state index contributed by atoms with van der Waals surface area (Å²) < 4.78 is 0. The van der Waals surface area contributed by atoms with Crippen molar-refractivity contribution in [2.75, 3.05) is 25.0 Å². The highest BCUT2D eigenvalue weighted by Crippen LogP contribution is 2.34. The van der Waals surface area contributed by atoms with E-state index in [4.69, 9.17) is 5.73 Å². The zero-order chi connectivity index (χ0) is 14.4. The molecule has 1 amide bonds. The minimum Gasteiger partial charge on any atom is -0.380 e. The lowest BCUT2D eigenvalue weighted by Crippen LogP contribution is -2.53. The molecule has 1 atom stereocenters. The normalized spacial score (nSPS) is 29.4. The summed E-state index contributed by atoms with van der Waals surface area (Å²) in [6, 6.07) is 0.408. The third kappa shape index (κ3) is 2.12. The van der Waals surface area contributed by atoms with Crippen molar-refractivity contribution in [3.63, 3.8) is 0 Å². The van der Waals surface area contributed by atoms with Crippen LogP contribution in [0.15, 0.2) is 12.3 Å². The summed E-state index contributed by atoms with van der Waals surface area (Å²) in [6.45, 7) is 3.48. The standard InChI is InChI=1S/C16H20N4O/c17-16(21)12-8-18-13-3-1-2-11(13)15(12)19-14-9-20-6-4-10(14)5-7-20/h1-2,8,10,14H,3-7,9H2,(H2,17,21)(H,18,19)/t14-/m1/s1. The van der Waals surface area contributed by atoms with Crippen molar-refractivity contribution in [1.29, 1.82) is 0 Å². The van der Waals surface area contributed by atoms with Crippen LogP contribution in [-0.4, -0.2) is 41.5 Å². The Balaban J connectivity index is 1.69. The predicted octanol–water partition coefficient (Wildman–Crippen LogP) is 1.26. The van der Waals surface area contributed by atoms with Crippen LogP contribution in [0, 0.1) is 5.92 Å². The molecule has 110 valence electrons. The Morgan fingerprint density at radius 3 is 2.86 bits per heavy atom. The Labute approximate surface area is 124 Å². The Morgan fingerprint density at radius 1 is 1.38 bits per heavy atom. The molecule has 0 saturated carbocycles. The van der Waals surface area contributed by atoms with Crippen LogP contribution in [0.3, 0.4) is 0 Å². The van der Waals surface area contributed by atoms with Gasteiger partial charge in [0.05, 0.1) is 16.9 Å². The van der Waals surface area contributed by atoms with Crippen LogP contribution in [0.4, 0.5) is 5.69 Å². The molecule has 3 saturated heterocycles. The molecule has 5 heteroatoms. The number of anilines is 1. The van der Waals surface area contributed by atoms with E-state index >= 15 is 0 Å². The lowest BCUT2D eigenvalue weighted by Gasteiger charge is -2.45. The van der Waals surface area contributed by atoms with Crippen LogP contribution in [0.5, 0.6) is 0 Å². The van der Waals surface area contributed by atoms with E-state index in [1.165, 1.54) is 25.9 Å². The summed E-state index contributed by atoms with van der Waals surface area (Å²) in [5.41, 5.74) is 9.01. The fourth-order valence-corrected chi connectivity index (χ4v) is 3.85. The van der Waals surface area contributed by atoms with E-state index in [1.807, 2.05) is 0 Å². The number of carbonyl (C=O) groups excluding carboxylic acids is 1. The third-order valence-electron chi connectivity index (χ3n) is 5.05. The number of hydrogen-bond donors (Lipinski definition) is 2. The number of fused-ring (bicyclic) bond motifs is 4. The van der Waals surface area contributed by atoms with Gasteiger partial charge in [0.25, 0.3) is 5.91 Å². The molecular weight excluding hydrogens is 264 g/mol. The number of hydrogen-bond acceptors (Lipinski definition) is 4. The smallest absolute Gasteiger partial charge is 0.252 e. The monoisotopic (exact) mass is 284 g/mol. The van der Waals surface area contributed by atoms with Gasteiger partial charge in [-0.3, -0.25) is 9.78 Å². The summed E-state index contributed by atoms with van der Waals surface area (Å²) in [7, 11) is 0. The highest BCUT2D eigenvalue weighted by Gasteiger charge is 2.35. The average Bonchev–Trinajstić information content (AvgIpc) is 2.97. The summed E-state index contributed by atoms with van der Waals surface area (Å²) >= 11 is 0. The molecule has 0 spiro atoms. The molecule has 0 aromatic carbocycles. The fourth-order valence-electron chi connectivity index (χ4n) is 3.85. The van der Waals surface area contributed by atoms with Crippen LogP contribution >= 0.6 is 0 Å². The first-order valence-corrected chi connectivity index (χ1v) is 7.69. The number of primary amides is 1. The maximum Gasteiger partial charge on any atom is 0.252 e. The fraction of sp³-hybridized carbons (Fsp3) is 0.500. The molecule has 0 radical (unpaired) electrons. The van der Waals surface area contributed by atoms with Gasteiger partial charge in [-0.25, -0.2) is 0 Å². The largest absolute Gasteiger partial charge is 0.380 e. The van der Waals surface area contributed by atoms with Gasteiger partial charge in [0.15, 0.2) is 0 Å². The van der Waals surface area contributed by atoms with Crippen molar-refractivity contribution in [2.24, 2.45) is 11.7 Å². The number of piperidine rings is 3. The molecule has 0 unspecified atom stereocenters. The SMILES string of the molecule is NC(=O)c1cnc2c(c1N[C@@H]1CN3CCC1CC3)C=CC2. The highest BCUT2D eigenvalue weighted by atomic mass is 16.1. The quantitative estimate of drug-likeness (QED) is 0.876. The topological polar surface area (TPSA) is 71.2 Å². The molecule has 3 N–H and O–H groups in total. The highest BCUT2D eigenvalue weighted by molar-refractivity contribution is 6.00. The van der Waals surface area contributed by atoms with Crippen molar-refractivity contribution in [3.05, 3.63) is 29.1 Å². The second-order valence-electron chi connectivity index (χ2n) is 6.27. The van der Waals surface area contributed by atoms with E-state index in [-0.39, 0.29) is 0 Å². The Kier molecular flexibility index (Phi) is 2.96. The average molecular weight is 284 g/mol. The molecule has 5 rings (SSSR count). The number of pyridine rings is 1. The first-order chi connectivity index (χ1) is 10.2. The maximum absolute atomic E-state index is 11.7. The van der Waals surface area contributed by atoms with Crippen molar-refractivity contribution in [1.82, 2.24) is 9.88 Å². The molecule has 2 bridgehead atoms. The minimum atomic E-state index is -0.408. The summed E-state index contributed by atoms with van der Waals surface area (Å²) in [4.78, 5) is 18.6. The molecule has 21 heavy (non-hydrogen) atoms. The zero-order valence-electron chi connectivity index (χ0n) is 12.0. The number of amides is 1. The van der Waals surface area contributed by atoms with E-state index in [9.17, 15) is 4.79 Å².